The average Bonchev–Trinajstić information content (AvgIpc) is 3.02. The van der Waals surface area contributed by atoms with Gasteiger partial charge in [-0.2, -0.15) is 0 Å². The summed E-state index contributed by atoms with van der Waals surface area (Å²) < 4.78 is 8.43. The van der Waals surface area contributed by atoms with Gasteiger partial charge in [0.15, 0.2) is 0 Å². The molecule has 0 bridgehead atoms. The molecule has 0 saturated carbocycles. The zero-order valence-corrected chi connectivity index (χ0v) is 19.1. The lowest BCUT2D eigenvalue weighted by atomic mass is 10.0. The van der Waals surface area contributed by atoms with Crippen molar-refractivity contribution in [2.75, 3.05) is 39.6 Å². The molecule has 1 amide bonds. The number of carbonyl (C=O) groups is 1. The highest BCUT2D eigenvalue weighted by Crippen LogP contribution is 2.29. The lowest BCUT2D eigenvalue weighted by Gasteiger charge is -2.35. The first-order valence-corrected chi connectivity index (χ1v) is 10.5. The fraction of sp³-hybridized carbons (Fsp3) is 0.375. The summed E-state index contributed by atoms with van der Waals surface area (Å²) in [5.74, 6) is 1.27. The minimum atomic E-state index is -0.203. The zero-order valence-electron chi connectivity index (χ0n) is 19.1. The third-order valence-electron chi connectivity index (χ3n) is 5.90. The zero-order chi connectivity index (χ0) is 22.3. The van der Waals surface area contributed by atoms with E-state index < -0.39 is 0 Å². The number of nitrogens with zero attached hydrogens (tertiary/aromatic N) is 4. The summed E-state index contributed by atoms with van der Waals surface area (Å²) in [4.78, 5) is 22.4. The molecular formula is C24H30N5O2+. The SMILES string of the molecule is COC1=C(c2cc(C(=O)Nc3nc4ccc(C)cc4n3C)cc(C)n2)C[N+](C)(C)CC1. The summed E-state index contributed by atoms with van der Waals surface area (Å²) in [6, 6.07) is 9.71. The van der Waals surface area contributed by atoms with Gasteiger partial charge in [-0.25, -0.2) is 4.98 Å². The third kappa shape index (κ3) is 4.18. The maximum atomic E-state index is 13.1. The molecule has 4 rings (SSSR count). The molecule has 162 valence electrons. The van der Waals surface area contributed by atoms with E-state index in [1.54, 1.807) is 7.11 Å². The van der Waals surface area contributed by atoms with E-state index in [1.165, 1.54) is 0 Å². The van der Waals surface area contributed by atoms with Crippen molar-refractivity contribution < 1.29 is 14.0 Å². The van der Waals surface area contributed by atoms with Crippen LogP contribution < -0.4 is 5.32 Å². The molecular weight excluding hydrogens is 390 g/mol. The number of carbonyl (C=O) groups excluding carboxylic acids is 1. The van der Waals surface area contributed by atoms with Crippen molar-refractivity contribution in [3.05, 3.63) is 58.6 Å². The number of methoxy groups -OCH3 is 1. The fourth-order valence-corrected chi connectivity index (χ4v) is 4.14. The van der Waals surface area contributed by atoms with Crippen LogP contribution in [0, 0.1) is 13.8 Å². The second-order valence-electron chi connectivity index (χ2n) is 9.00. The Hall–Kier alpha value is -3.19. The number of nitrogens with one attached hydrogen (secondary N) is 1. The van der Waals surface area contributed by atoms with Crippen LogP contribution in [0.25, 0.3) is 16.6 Å². The molecule has 0 radical (unpaired) electrons. The Bertz CT molecular complexity index is 1210. The molecule has 1 aliphatic rings. The summed E-state index contributed by atoms with van der Waals surface area (Å²) in [6.07, 6.45) is 0.856. The lowest BCUT2D eigenvalue weighted by molar-refractivity contribution is -0.884. The van der Waals surface area contributed by atoms with Gasteiger partial charge in [-0.3, -0.25) is 15.1 Å². The summed E-state index contributed by atoms with van der Waals surface area (Å²) in [6.45, 7) is 5.77. The van der Waals surface area contributed by atoms with Gasteiger partial charge in [0.05, 0.1) is 56.5 Å². The quantitative estimate of drug-likeness (QED) is 0.654. The number of ether oxygens (including phenoxy) is 1. The summed E-state index contributed by atoms with van der Waals surface area (Å²) in [5.41, 5.74) is 6.21. The smallest absolute Gasteiger partial charge is 0.258 e. The molecule has 1 aliphatic heterocycles. The molecule has 2 aromatic heterocycles. The van der Waals surface area contributed by atoms with Crippen LogP contribution in [-0.2, 0) is 11.8 Å². The molecule has 0 atom stereocenters. The Morgan fingerprint density at radius 3 is 2.68 bits per heavy atom. The number of quaternary nitrogens is 1. The molecule has 7 heteroatoms. The Morgan fingerprint density at radius 1 is 1.16 bits per heavy atom. The molecule has 0 spiro atoms. The van der Waals surface area contributed by atoms with Crippen molar-refractivity contribution >= 4 is 28.5 Å². The second-order valence-corrected chi connectivity index (χ2v) is 9.00. The average molecular weight is 421 g/mol. The van der Waals surface area contributed by atoms with E-state index in [0.717, 1.165) is 63.3 Å². The molecule has 0 saturated heterocycles. The number of hydrogen-bond donors (Lipinski definition) is 1. The maximum Gasteiger partial charge on any atom is 0.258 e. The van der Waals surface area contributed by atoms with Crippen LogP contribution in [0.1, 0.15) is 33.7 Å². The number of aromatic nitrogens is 3. The first-order chi connectivity index (χ1) is 14.7. The number of imidazole rings is 1. The number of aryl methyl sites for hydroxylation is 3. The minimum Gasteiger partial charge on any atom is -0.500 e. The van der Waals surface area contributed by atoms with E-state index >= 15 is 0 Å². The molecule has 0 fully saturated rings. The highest BCUT2D eigenvalue weighted by atomic mass is 16.5. The normalized spacial score (nSPS) is 15.9. The number of likely N-dealkylation sites (N-methyl/N-ethyl adjacent to an activating group) is 1. The first-order valence-electron chi connectivity index (χ1n) is 10.5. The molecule has 1 N–H and O–H groups in total. The van der Waals surface area contributed by atoms with Gasteiger partial charge in [0, 0.05) is 18.3 Å². The lowest BCUT2D eigenvalue weighted by Crippen LogP contribution is -2.44. The Balaban J connectivity index is 1.68. The summed E-state index contributed by atoms with van der Waals surface area (Å²) >= 11 is 0. The Kier molecular flexibility index (Phi) is 5.31. The van der Waals surface area contributed by atoms with E-state index in [9.17, 15) is 4.79 Å². The van der Waals surface area contributed by atoms with Gasteiger partial charge in [0.1, 0.15) is 12.3 Å². The number of amides is 1. The predicted molar refractivity (Wildman–Crippen MR) is 123 cm³/mol. The van der Waals surface area contributed by atoms with Crippen molar-refractivity contribution in [1.29, 1.82) is 0 Å². The fourth-order valence-electron chi connectivity index (χ4n) is 4.14. The van der Waals surface area contributed by atoms with Crippen LogP contribution >= 0.6 is 0 Å². The molecule has 0 aliphatic carbocycles. The van der Waals surface area contributed by atoms with Crippen molar-refractivity contribution in [2.24, 2.45) is 7.05 Å². The van der Waals surface area contributed by atoms with Crippen LogP contribution in [0.5, 0.6) is 0 Å². The van der Waals surface area contributed by atoms with Crippen molar-refractivity contribution in [3.63, 3.8) is 0 Å². The predicted octanol–water partition coefficient (Wildman–Crippen LogP) is 3.68. The van der Waals surface area contributed by atoms with Gasteiger partial charge >= 0.3 is 0 Å². The standard InChI is InChI=1S/C24H29N5O2/c1-15-7-8-19-21(11-15)28(3)24(26-19)27-23(30)17-12-16(2)25-20(13-17)18-14-29(4,5)10-9-22(18)31-6/h7-8,11-13H,9-10,14H2,1-6H3/p+1. The van der Waals surface area contributed by atoms with Crippen LogP contribution in [0.2, 0.25) is 0 Å². The highest BCUT2D eigenvalue weighted by molar-refractivity contribution is 6.04. The van der Waals surface area contributed by atoms with E-state index in [-0.39, 0.29) is 5.91 Å². The van der Waals surface area contributed by atoms with Crippen molar-refractivity contribution in [2.45, 2.75) is 20.3 Å². The van der Waals surface area contributed by atoms with E-state index in [2.05, 4.69) is 30.5 Å². The molecule has 0 unspecified atom stereocenters. The van der Waals surface area contributed by atoms with Crippen LogP contribution in [-0.4, -0.2) is 59.2 Å². The number of pyridine rings is 1. The second kappa shape index (κ2) is 7.81. The Morgan fingerprint density at radius 2 is 1.94 bits per heavy atom. The Labute approximate surface area is 183 Å². The van der Waals surface area contributed by atoms with Crippen molar-refractivity contribution in [1.82, 2.24) is 14.5 Å². The van der Waals surface area contributed by atoms with Gasteiger partial charge in [0.2, 0.25) is 5.95 Å². The van der Waals surface area contributed by atoms with Crippen LogP contribution in [0.4, 0.5) is 5.95 Å². The number of anilines is 1. The van der Waals surface area contributed by atoms with Crippen molar-refractivity contribution in [3.8, 4) is 0 Å². The van der Waals surface area contributed by atoms with Crippen LogP contribution in [0.15, 0.2) is 36.1 Å². The topological polar surface area (TPSA) is 69.0 Å². The number of hydrogen-bond acceptors (Lipinski definition) is 4. The van der Waals surface area contributed by atoms with Gasteiger partial charge in [0.25, 0.3) is 5.91 Å². The highest BCUT2D eigenvalue weighted by Gasteiger charge is 2.29. The number of fused-ring (bicyclic) bond motifs is 1. The molecule has 7 nitrogen and oxygen atoms in total. The largest absolute Gasteiger partial charge is 0.500 e. The summed E-state index contributed by atoms with van der Waals surface area (Å²) in [7, 11) is 8.01. The van der Waals surface area contributed by atoms with E-state index in [4.69, 9.17) is 9.72 Å². The van der Waals surface area contributed by atoms with Crippen LogP contribution in [0.3, 0.4) is 0 Å². The van der Waals surface area contributed by atoms with Gasteiger partial charge in [-0.15, -0.1) is 0 Å². The number of rotatable bonds is 4. The minimum absolute atomic E-state index is 0.203. The van der Waals surface area contributed by atoms with Gasteiger partial charge in [-0.1, -0.05) is 6.07 Å². The molecule has 3 heterocycles. The third-order valence-corrected chi connectivity index (χ3v) is 5.90. The molecule has 31 heavy (non-hydrogen) atoms. The monoisotopic (exact) mass is 420 g/mol. The first kappa shape index (κ1) is 21.1. The van der Waals surface area contributed by atoms with E-state index in [1.807, 2.05) is 49.7 Å². The molecule has 1 aromatic carbocycles. The number of benzene rings is 1. The van der Waals surface area contributed by atoms with E-state index in [0.29, 0.717) is 11.5 Å². The van der Waals surface area contributed by atoms with Gasteiger partial charge in [-0.05, 0) is 43.7 Å². The van der Waals surface area contributed by atoms with Gasteiger partial charge < -0.3 is 13.8 Å². The maximum absolute atomic E-state index is 13.1. The summed E-state index contributed by atoms with van der Waals surface area (Å²) in [5, 5.41) is 2.97. The molecule has 3 aromatic rings.